The van der Waals surface area contributed by atoms with Crippen LogP contribution in [0.15, 0.2) is 0 Å². The highest BCUT2D eigenvalue weighted by molar-refractivity contribution is 7.46. The van der Waals surface area contributed by atoms with E-state index in [1.54, 1.807) is 0 Å². The molecular weight excluding hydrogens is 359 g/mol. The van der Waals surface area contributed by atoms with Crippen molar-refractivity contribution in [3.8, 4) is 0 Å². The molecule has 0 unspecified atom stereocenters. The lowest BCUT2D eigenvalue weighted by Crippen LogP contribution is -2.38. The van der Waals surface area contributed by atoms with E-state index in [2.05, 4.69) is 4.52 Å². The summed E-state index contributed by atoms with van der Waals surface area (Å²) in [6.45, 7) is -3.42. The van der Waals surface area contributed by atoms with Crippen molar-refractivity contribution in [2.75, 3.05) is 26.4 Å². The third-order valence-electron chi connectivity index (χ3n) is 2.30. The number of phosphoric ester groups is 1. The molecule has 0 saturated carbocycles. The van der Waals surface area contributed by atoms with Gasteiger partial charge < -0.3 is 45.5 Å². The van der Waals surface area contributed by atoms with Crippen LogP contribution in [0, 0.1) is 0 Å². The predicted molar refractivity (Wildman–Crippen MR) is 73.3 cm³/mol. The summed E-state index contributed by atoms with van der Waals surface area (Å²) in [7, 11) is -4.74. The van der Waals surface area contributed by atoms with Gasteiger partial charge in [0.1, 0.15) is 37.6 Å². The Morgan fingerprint density at radius 2 is 1.21 bits per heavy atom. The number of carbonyl (C=O) groups excluding carboxylic acids is 2. The van der Waals surface area contributed by atoms with Crippen molar-refractivity contribution in [2.45, 2.75) is 24.4 Å². The lowest BCUT2D eigenvalue weighted by atomic mass is 10.1. The molecule has 0 aliphatic heterocycles. The van der Waals surface area contributed by atoms with Crippen LogP contribution in [0.4, 0.5) is 0 Å². The first-order chi connectivity index (χ1) is 10.9. The number of ketones is 2. The molecule has 0 amide bonds. The van der Waals surface area contributed by atoms with Crippen LogP contribution in [0.3, 0.4) is 0 Å². The second-order valence-corrected chi connectivity index (χ2v) is 5.48. The van der Waals surface area contributed by atoms with Crippen LogP contribution >= 0.6 is 7.82 Å². The van der Waals surface area contributed by atoms with Gasteiger partial charge in [-0.05, 0) is 0 Å². The fraction of sp³-hybridized carbons (Fsp3) is 0.800. The summed E-state index contributed by atoms with van der Waals surface area (Å²) in [5.74, 6) is -1.96. The molecule has 0 aromatic rings. The molecule has 144 valence electrons. The van der Waals surface area contributed by atoms with E-state index in [1.807, 2.05) is 0 Å². The van der Waals surface area contributed by atoms with E-state index in [9.17, 15) is 14.2 Å². The molecule has 0 aromatic carbocycles. The Morgan fingerprint density at radius 1 is 0.833 bits per heavy atom. The molecule has 0 aliphatic rings. The molecule has 0 heterocycles. The lowest BCUT2D eigenvalue weighted by Gasteiger charge is -2.15. The minimum Gasteiger partial charge on any atom is -0.394 e. The summed E-state index contributed by atoms with van der Waals surface area (Å²) in [6.07, 6.45) is -6.90. The number of carbonyl (C=O) groups is 2. The molecule has 24 heavy (non-hydrogen) atoms. The second kappa shape index (κ2) is 12.5. The minimum absolute atomic E-state index is 0.701. The van der Waals surface area contributed by atoms with E-state index in [0.29, 0.717) is 0 Å². The Balaban J connectivity index is 0. The van der Waals surface area contributed by atoms with Crippen LogP contribution in [0.5, 0.6) is 0 Å². The third kappa shape index (κ3) is 11.7. The molecule has 0 saturated heterocycles. The zero-order chi connectivity index (χ0) is 19.5. The molecule has 0 bridgehead atoms. The molecule has 0 aromatic heterocycles. The molecule has 0 spiro atoms. The summed E-state index contributed by atoms with van der Waals surface area (Å²) in [4.78, 5) is 37.3. The largest absolute Gasteiger partial charge is 0.469 e. The highest BCUT2D eigenvalue weighted by Crippen LogP contribution is 2.35. The Hall–Kier alpha value is -0.830. The van der Waals surface area contributed by atoms with Crippen molar-refractivity contribution >= 4 is 19.4 Å². The molecule has 13 nitrogen and oxygen atoms in total. The SMILES string of the molecule is O=C(CO)[C@H](O)[C@H](O)CO.O=C(CO)[C@H](O)[C@H](O)COP(=O)(O)O. The van der Waals surface area contributed by atoms with Crippen LogP contribution in [-0.2, 0) is 18.7 Å². The van der Waals surface area contributed by atoms with Gasteiger partial charge in [0.25, 0.3) is 0 Å². The van der Waals surface area contributed by atoms with Gasteiger partial charge in [0.15, 0.2) is 11.6 Å². The zero-order valence-corrected chi connectivity index (χ0v) is 13.1. The Bertz CT molecular complexity index is 421. The molecule has 4 atom stereocenters. The van der Waals surface area contributed by atoms with Crippen LogP contribution in [-0.4, -0.2) is 108 Å². The Labute approximate surface area is 135 Å². The lowest BCUT2D eigenvalue weighted by molar-refractivity contribution is -0.137. The molecule has 0 aliphatic carbocycles. The number of Topliss-reactive ketones (excluding diaryl/α,β-unsaturated/α-hetero) is 2. The van der Waals surface area contributed by atoms with Gasteiger partial charge in [0, 0.05) is 0 Å². The Morgan fingerprint density at radius 3 is 1.50 bits per heavy atom. The van der Waals surface area contributed by atoms with Crippen LogP contribution in [0.25, 0.3) is 0 Å². The van der Waals surface area contributed by atoms with E-state index in [-0.39, 0.29) is 0 Å². The van der Waals surface area contributed by atoms with Crippen molar-refractivity contribution in [1.82, 2.24) is 0 Å². The zero-order valence-electron chi connectivity index (χ0n) is 12.2. The first-order valence-corrected chi connectivity index (χ1v) is 7.74. The monoisotopic (exact) mass is 380 g/mol. The van der Waals surface area contributed by atoms with Gasteiger partial charge >= 0.3 is 7.82 Å². The number of hydrogen-bond acceptors (Lipinski definition) is 11. The number of phosphoric acid groups is 1. The van der Waals surface area contributed by atoms with Crippen molar-refractivity contribution in [2.24, 2.45) is 0 Å². The van der Waals surface area contributed by atoms with E-state index >= 15 is 0 Å². The summed E-state index contributed by atoms with van der Waals surface area (Å²) >= 11 is 0. The normalized spacial score (nSPS) is 16.4. The quantitative estimate of drug-likeness (QED) is 0.161. The first kappa shape index (κ1) is 25.4. The van der Waals surface area contributed by atoms with Gasteiger partial charge in [-0.3, -0.25) is 14.1 Å². The maximum atomic E-state index is 10.6. The highest BCUT2D eigenvalue weighted by atomic mass is 31.2. The van der Waals surface area contributed by atoms with Crippen molar-refractivity contribution in [1.29, 1.82) is 0 Å². The minimum atomic E-state index is -4.74. The molecule has 14 heteroatoms. The average molecular weight is 380 g/mol. The molecule has 0 fully saturated rings. The van der Waals surface area contributed by atoms with Crippen molar-refractivity contribution in [3.63, 3.8) is 0 Å². The van der Waals surface area contributed by atoms with Gasteiger partial charge in [-0.25, -0.2) is 4.57 Å². The van der Waals surface area contributed by atoms with Gasteiger partial charge in [-0.15, -0.1) is 0 Å². The summed E-state index contributed by atoms with van der Waals surface area (Å²) < 4.78 is 14.0. The summed E-state index contributed by atoms with van der Waals surface area (Å²) in [5.41, 5.74) is 0. The second-order valence-electron chi connectivity index (χ2n) is 4.24. The number of aliphatic hydroxyl groups is 7. The Kier molecular flexibility index (Phi) is 13.3. The maximum absolute atomic E-state index is 10.6. The van der Waals surface area contributed by atoms with E-state index in [4.69, 9.17) is 45.5 Å². The van der Waals surface area contributed by atoms with Gasteiger partial charge in [0.2, 0.25) is 0 Å². The molecule has 0 radical (unpaired) electrons. The molecule has 9 N–H and O–H groups in total. The van der Waals surface area contributed by atoms with Gasteiger partial charge in [-0.1, -0.05) is 0 Å². The smallest absolute Gasteiger partial charge is 0.394 e. The average Bonchev–Trinajstić information content (AvgIpc) is 2.55. The van der Waals surface area contributed by atoms with E-state index in [0.717, 1.165) is 0 Å². The van der Waals surface area contributed by atoms with E-state index < -0.39 is 70.2 Å². The van der Waals surface area contributed by atoms with Crippen LogP contribution in [0.1, 0.15) is 0 Å². The summed E-state index contributed by atoms with van der Waals surface area (Å²) in [6, 6.07) is 0. The standard InChI is InChI=1S/C5H11O8P.C5H10O5/c6-1-3(7)5(9)4(8)2-13-14(10,11)12;6-1-3(8)5(10)4(9)2-7/h4-6,8-9H,1-2H2,(H2,10,11,12);3,5-8,10H,1-2H2/t4-,5+;3-,5-/m11/s1. The fourth-order valence-corrected chi connectivity index (χ4v) is 1.33. The highest BCUT2D eigenvalue weighted by Gasteiger charge is 2.26. The molecular formula is C10H21O13P. The van der Waals surface area contributed by atoms with E-state index in [1.165, 1.54) is 0 Å². The van der Waals surface area contributed by atoms with Gasteiger partial charge in [-0.2, -0.15) is 0 Å². The first-order valence-electron chi connectivity index (χ1n) is 6.21. The third-order valence-corrected chi connectivity index (χ3v) is 2.79. The molecule has 0 rings (SSSR count). The van der Waals surface area contributed by atoms with Gasteiger partial charge in [0.05, 0.1) is 13.2 Å². The summed E-state index contributed by atoms with van der Waals surface area (Å²) in [5, 5.41) is 59.7. The van der Waals surface area contributed by atoms with Crippen molar-refractivity contribution < 1.29 is 64.2 Å². The van der Waals surface area contributed by atoms with Crippen LogP contribution in [0.2, 0.25) is 0 Å². The maximum Gasteiger partial charge on any atom is 0.469 e. The van der Waals surface area contributed by atoms with Crippen LogP contribution < -0.4 is 0 Å². The topological polar surface area (TPSA) is 243 Å². The number of rotatable bonds is 10. The number of hydrogen-bond donors (Lipinski definition) is 9. The predicted octanol–water partition coefficient (Wildman–Crippen LogP) is -5.36. The number of aliphatic hydroxyl groups excluding tert-OH is 7. The fourth-order valence-electron chi connectivity index (χ4n) is 0.981. The van der Waals surface area contributed by atoms with Crippen molar-refractivity contribution in [3.05, 3.63) is 0 Å².